The van der Waals surface area contributed by atoms with Crippen LogP contribution in [-0.2, 0) is 0 Å². The fourth-order valence-electron chi connectivity index (χ4n) is 0.505. The van der Waals surface area contributed by atoms with Crippen molar-refractivity contribution in [3.63, 3.8) is 0 Å². The Balaban J connectivity index is 2.86. The quantitative estimate of drug-likeness (QED) is 0.392. The van der Waals surface area contributed by atoms with Gasteiger partial charge in [0.2, 0.25) is 6.20 Å². The topological polar surface area (TPSA) is 36.2 Å². The molecule has 0 amide bonds. The highest BCUT2D eigenvalue weighted by atomic mass is 79.9. The van der Waals surface area contributed by atoms with Gasteiger partial charge in [-0.3, -0.25) is 0 Å². The number of halogens is 1. The predicted octanol–water partition coefficient (Wildman–Crippen LogP) is 1.09. The largest absolute Gasteiger partial charge is 0.618 e. The van der Waals surface area contributed by atoms with E-state index in [-0.39, 0.29) is 5.75 Å². The standard InChI is InChI=1S/C6H6BrNO2/c1-10-5-2-3-6(7)8(9)4-5/h2-4H,1H3/i1D3. The minimum atomic E-state index is -2.53. The highest BCUT2D eigenvalue weighted by molar-refractivity contribution is 9.10. The SMILES string of the molecule is [2H]C([2H])([2H])Oc1ccc(Br)[n+]([O-])c1. The summed E-state index contributed by atoms with van der Waals surface area (Å²) in [5, 5.41) is 10.9. The molecule has 0 aliphatic rings. The molecule has 0 saturated heterocycles. The summed E-state index contributed by atoms with van der Waals surface area (Å²) in [5.41, 5.74) is 0. The molecule has 0 radical (unpaired) electrons. The molecule has 1 aromatic heterocycles. The molecule has 1 heterocycles. The Bertz CT molecular complexity index is 315. The number of hydrogen-bond donors (Lipinski definition) is 0. The van der Waals surface area contributed by atoms with Crippen LogP contribution in [0.25, 0.3) is 0 Å². The fraction of sp³-hybridized carbons (Fsp3) is 0.167. The molecular formula is C6H6BrNO2. The number of methoxy groups -OCH3 is 1. The number of aromatic nitrogens is 1. The van der Waals surface area contributed by atoms with Crippen LogP contribution < -0.4 is 9.47 Å². The van der Waals surface area contributed by atoms with Crippen LogP contribution in [0.5, 0.6) is 5.75 Å². The van der Waals surface area contributed by atoms with E-state index in [4.69, 9.17) is 4.11 Å². The first-order chi connectivity index (χ1) is 5.88. The lowest BCUT2D eigenvalue weighted by molar-refractivity contribution is -0.617. The summed E-state index contributed by atoms with van der Waals surface area (Å²) in [7, 11) is -2.53. The number of hydrogen-bond acceptors (Lipinski definition) is 2. The van der Waals surface area contributed by atoms with Crippen molar-refractivity contribution in [1.82, 2.24) is 0 Å². The van der Waals surface area contributed by atoms with Gasteiger partial charge in [0, 0.05) is 22.0 Å². The third-order valence-electron chi connectivity index (χ3n) is 0.958. The van der Waals surface area contributed by atoms with Crippen LogP contribution in [0, 0.1) is 5.21 Å². The van der Waals surface area contributed by atoms with Gasteiger partial charge in [0.1, 0.15) is 0 Å². The molecule has 0 saturated carbocycles. The van der Waals surface area contributed by atoms with Crippen molar-refractivity contribution in [2.45, 2.75) is 0 Å². The number of rotatable bonds is 1. The molecule has 10 heavy (non-hydrogen) atoms. The van der Waals surface area contributed by atoms with Crippen LogP contribution in [0.3, 0.4) is 0 Å². The summed E-state index contributed by atoms with van der Waals surface area (Å²) in [6.45, 7) is 0. The van der Waals surface area contributed by atoms with Crippen molar-refractivity contribution in [3.8, 4) is 5.75 Å². The van der Waals surface area contributed by atoms with Crippen molar-refractivity contribution >= 4 is 15.9 Å². The van der Waals surface area contributed by atoms with Crippen LogP contribution in [0.15, 0.2) is 22.9 Å². The molecule has 1 rings (SSSR count). The van der Waals surface area contributed by atoms with Crippen molar-refractivity contribution in [3.05, 3.63) is 28.1 Å². The van der Waals surface area contributed by atoms with Gasteiger partial charge >= 0.3 is 0 Å². The van der Waals surface area contributed by atoms with Crippen molar-refractivity contribution in [2.24, 2.45) is 0 Å². The maximum Gasteiger partial charge on any atom is 0.259 e. The van der Waals surface area contributed by atoms with Gasteiger partial charge in [-0.2, -0.15) is 4.73 Å². The third kappa shape index (κ3) is 1.39. The average Bonchev–Trinajstić information content (AvgIpc) is 1.94. The molecule has 0 aromatic carbocycles. The van der Waals surface area contributed by atoms with Gasteiger partial charge in [-0.1, -0.05) is 0 Å². The summed E-state index contributed by atoms with van der Waals surface area (Å²) in [5.74, 6) is 0.0122. The van der Waals surface area contributed by atoms with Gasteiger partial charge in [-0.25, -0.2) is 0 Å². The zero-order chi connectivity index (χ0) is 10.1. The molecule has 1 aromatic rings. The second kappa shape index (κ2) is 2.88. The first kappa shape index (κ1) is 4.18. The van der Waals surface area contributed by atoms with E-state index in [0.29, 0.717) is 9.33 Å². The summed E-state index contributed by atoms with van der Waals surface area (Å²) in [6.07, 6.45) is 1.04. The van der Waals surface area contributed by atoms with E-state index in [2.05, 4.69) is 20.7 Å². The number of nitrogens with zero attached hydrogens (tertiary/aromatic N) is 1. The molecule has 4 heteroatoms. The second-order valence-corrected chi connectivity index (χ2v) is 2.43. The zero-order valence-electron chi connectivity index (χ0n) is 7.87. The average molecular weight is 207 g/mol. The van der Waals surface area contributed by atoms with E-state index in [1.165, 1.54) is 12.1 Å². The van der Waals surface area contributed by atoms with Gasteiger partial charge in [0.15, 0.2) is 5.75 Å². The summed E-state index contributed by atoms with van der Waals surface area (Å²) in [4.78, 5) is 0. The van der Waals surface area contributed by atoms with Gasteiger partial charge in [-0.15, -0.1) is 0 Å². The van der Waals surface area contributed by atoms with Crippen LogP contribution in [0.2, 0.25) is 0 Å². The molecule has 0 aliphatic heterocycles. The van der Waals surface area contributed by atoms with Gasteiger partial charge in [-0.05, 0) is 6.07 Å². The third-order valence-corrected chi connectivity index (χ3v) is 1.57. The minimum absolute atomic E-state index is 0.0122. The smallest absolute Gasteiger partial charge is 0.259 e. The molecule has 0 atom stereocenters. The summed E-state index contributed by atoms with van der Waals surface area (Å²) < 4.78 is 25.6. The van der Waals surface area contributed by atoms with Crippen LogP contribution in [0.4, 0.5) is 0 Å². The van der Waals surface area contributed by atoms with Crippen LogP contribution in [-0.4, -0.2) is 7.04 Å². The first-order valence-electron chi connectivity index (χ1n) is 3.96. The molecule has 54 valence electrons. The van der Waals surface area contributed by atoms with Crippen molar-refractivity contribution in [1.29, 1.82) is 0 Å². The van der Waals surface area contributed by atoms with E-state index < -0.39 is 7.04 Å². The first-order valence-corrected chi connectivity index (χ1v) is 3.25. The Kier molecular flexibility index (Phi) is 1.20. The van der Waals surface area contributed by atoms with E-state index in [1.54, 1.807) is 0 Å². The lowest BCUT2D eigenvalue weighted by Crippen LogP contribution is -2.26. The Hall–Kier alpha value is -0.770. The lowest BCUT2D eigenvalue weighted by Gasteiger charge is -2.00. The molecule has 0 bridgehead atoms. The van der Waals surface area contributed by atoms with Crippen LogP contribution in [0.1, 0.15) is 4.11 Å². The Morgan fingerprint density at radius 1 is 1.80 bits per heavy atom. The zero-order valence-corrected chi connectivity index (χ0v) is 6.46. The highest BCUT2D eigenvalue weighted by Gasteiger charge is 2.00. The van der Waals surface area contributed by atoms with Gasteiger partial charge in [0.05, 0.1) is 11.2 Å². The lowest BCUT2D eigenvalue weighted by atomic mass is 10.5. The minimum Gasteiger partial charge on any atom is -0.618 e. The number of ether oxygens (including phenoxy) is 1. The van der Waals surface area contributed by atoms with E-state index in [0.717, 1.165) is 6.20 Å². The van der Waals surface area contributed by atoms with E-state index >= 15 is 0 Å². The van der Waals surface area contributed by atoms with Crippen molar-refractivity contribution < 1.29 is 13.6 Å². The van der Waals surface area contributed by atoms with Gasteiger partial charge < -0.3 is 9.94 Å². The Labute approximate surface area is 71.2 Å². The molecule has 0 unspecified atom stereocenters. The Morgan fingerprint density at radius 3 is 3.20 bits per heavy atom. The van der Waals surface area contributed by atoms with Crippen LogP contribution >= 0.6 is 15.9 Å². The predicted molar refractivity (Wildman–Crippen MR) is 39.7 cm³/mol. The molecule has 0 aliphatic carbocycles. The number of pyridine rings is 1. The normalized spacial score (nSPS) is 15.1. The highest BCUT2D eigenvalue weighted by Crippen LogP contribution is 2.09. The molecule has 0 N–H and O–H groups in total. The Morgan fingerprint density at radius 2 is 2.60 bits per heavy atom. The molecular weight excluding hydrogens is 198 g/mol. The van der Waals surface area contributed by atoms with E-state index in [1.807, 2.05) is 0 Å². The molecule has 3 nitrogen and oxygen atoms in total. The van der Waals surface area contributed by atoms with Gasteiger partial charge in [0.25, 0.3) is 4.60 Å². The maximum atomic E-state index is 10.9. The monoisotopic (exact) mass is 206 g/mol. The molecule has 0 spiro atoms. The summed E-state index contributed by atoms with van der Waals surface area (Å²) >= 11 is 2.96. The van der Waals surface area contributed by atoms with E-state index in [9.17, 15) is 5.21 Å². The maximum absolute atomic E-state index is 10.9. The fourth-order valence-corrected chi connectivity index (χ4v) is 0.740. The van der Waals surface area contributed by atoms with Crippen molar-refractivity contribution in [2.75, 3.05) is 7.04 Å². The summed E-state index contributed by atoms with van der Waals surface area (Å²) in [6, 6.07) is 2.80. The molecule has 0 fully saturated rings. The second-order valence-electron chi connectivity index (χ2n) is 1.62.